The van der Waals surface area contributed by atoms with E-state index in [1.165, 1.54) is 0 Å². The molecular weight excluding hydrogens is 288 g/mol. The minimum atomic E-state index is -2.68. The van der Waals surface area contributed by atoms with Crippen molar-refractivity contribution >= 4 is 11.5 Å². The summed E-state index contributed by atoms with van der Waals surface area (Å²) in [6, 6.07) is 3.55. The average Bonchev–Trinajstić information content (AvgIpc) is 3.00. The predicted molar refractivity (Wildman–Crippen MR) is 80.2 cm³/mol. The van der Waals surface area contributed by atoms with Gasteiger partial charge in [-0.3, -0.25) is 0 Å². The lowest BCUT2D eigenvalue weighted by molar-refractivity contribution is 0.137. The van der Waals surface area contributed by atoms with Crippen LogP contribution in [0.2, 0.25) is 0 Å². The van der Waals surface area contributed by atoms with E-state index < -0.39 is 12.2 Å². The number of fused-ring (bicyclic) bond motifs is 1. The van der Waals surface area contributed by atoms with Crippen LogP contribution in [-0.4, -0.2) is 31.9 Å². The second-order valence-electron chi connectivity index (χ2n) is 6.67. The van der Waals surface area contributed by atoms with E-state index in [1.807, 2.05) is 6.07 Å². The van der Waals surface area contributed by atoms with Crippen molar-refractivity contribution in [1.29, 1.82) is 0 Å². The fraction of sp³-hybridized carbons (Fsp3) is 0.667. The number of hydrogen-bond donors (Lipinski definition) is 0. The number of halogens is 2. The molecule has 0 radical (unpaired) electrons. The average molecular weight is 309 g/mol. The predicted octanol–water partition coefficient (Wildman–Crippen LogP) is 3.47. The van der Waals surface area contributed by atoms with Crippen molar-refractivity contribution in [1.82, 2.24) is 19.8 Å². The third-order valence-electron chi connectivity index (χ3n) is 4.34. The highest BCUT2D eigenvalue weighted by Crippen LogP contribution is 2.37. The molecule has 1 aliphatic heterocycles. The Morgan fingerprint density at radius 3 is 2.73 bits per heavy atom. The van der Waals surface area contributed by atoms with Crippen LogP contribution in [0, 0.1) is 5.92 Å². The van der Waals surface area contributed by atoms with Gasteiger partial charge in [-0.25, -0.2) is 8.78 Å². The normalized spacial score (nSPS) is 22.4. The van der Waals surface area contributed by atoms with E-state index in [0.29, 0.717) is 11.6 Å². The summed E-state index contributed by atoms with van der Waals surface area (Å²) in [6.07, 6.45) is 0.552. The minimum absolute atomic E-state index is 0.0217. The van der Waals surface area contributed by atoms with Crippen molar-refractivity contribution < 1.29 is 8.78 Å². The standard InChI is InChI=1S/C15H21F2N5/c1-10(2)9-15(3)7-4-8-21(15)12-6-5-11-18-19-14(13(16)17)22(11)20-12/h5-6,10,13H,4,7-9H2,1-3H3. The Labute approximate surface area is 128 Å². The van der Waals surface area contributed by atoms with Gasteiger partial charge in [-0.2, -0.15) is 4.52 Å². The molecule has 2 aromatic rings. The molecule has 120 valence electrons. The van der Waals surface area contributed by atoms with Crippen LogP contribution in [0.15, 0.2) is 12.1 Å². The fourth-order valence-corrected chi connectivity index (χ4v) is 3.58. The molecule has 3 rings (SSSR count). The number of nitrogens with zero attached hydrogens (tertiary/aromatic N) is 5. The molecule has 3 heterocycles. The summed E-state index contributed by atoms with van der Waals surface area (Å²) in [7, 11) is 0. The van der Waals surface area contributed by atoms with Crippen LogP contribution < -0.4 is 4.90 Å². The number of rotatable bonds is 4. The van der Waals surface area contributed by atoms with E-state index in [-0.39, 0.29) is 5.54 Å². The lowest BCUT2D eigenvalue weighted by Crippen LogP contribution is -2.43. The zero-order valence-electron chi connectivity index (χ0n) is 13.1. The van der Waals surface area contributed by atoms with Crippen LogP contribution in [0.5, 0.6) is 0 Å². The molecular formula is C15H21F2N5. The summed E-state index contributed by atoms with van der Waals surface area (Å²) in [5.74, 6) is 0.886. The molecule has 2 aromatic heterocycles. The van der Waals surface area contributed by atoms with Crippen LogP contribution in [0.25, 0.3) is 5.65 Å². The molecule has 1 atom stereocenters. The Balaban J connectivity index is 2.00. The molecule has 7 heteroatoms. The van der Waals surface area contributed by atoms with Crippen LogP contribution in [0.4, 0.5) is 14.6 Å². The summed E-state index contributed by atoms with van der Waals surface area (Å²) >= 11 is 0. The smallest absolute Gasteiger partial charge is 0.299 e. The van der Waals surface area contributed by atoms with Crippen molar-refractivity contribution in [2.75, 3.05) is 11.4 Å². The monoisotopic (exact) mass is 309 g/mol. The Kier molecular flexibility index (Phi) is 3.74. The number of alkyl halides is 2. The Morgan fingerprint density at radius 1 is 1.27 bits per heavy atom. The summed E-state index contributed by atoms with van der Waals surface area (Å²) in [6.45, 7) is 7.53. The topological polar surface area (TPSA) is 46.3 Å². The van der Waals surface area contributed by atoms with E-state index in [2.05, 4.69) is 41.0 Å². The zero-order valence-corrected chi connectivity index (χ0v) is 13.1. The van der Waals surface area contributed by atoms with Crippen molar-refractivity contribution in [3.8, 4) is 0 Å². The highest BCUT2D eigenvalue weighted by molar-refractivity contribution is 5.48. The van der Waals surface area contributed by atoms with Gasteiger partial charge in [0, 0.05) is 12.1 Å². The first-order chi connectivity index (χ1) is 10.4. The van der Waals surface area contributed by atoms with Gasteiger partial charge in [0.1, 0.15) is 5.82 Å². The van der Waals surface area contributed by atoms with Crippen molar-refractivity contribution in [3.63, 3.8) is 0 Å². The lowest BCUT2D eigenvalue weighted by atomic mass is 9.88. The molecule has 0 aromatic carbocycles. The molecule has 22 heavy (non-hydrogen) atoms. The Hall–Kier alpha value is -1.79. The molecule has 1 aliphatic rings. The summed E-state index contributed by atoms with van der Waals surface area (Å²) < 4.78 is 27.1. The van der Waals surface area contributed by atoms with Gasteiger partial charge in [0.05, 0.1) is 0 Å². The van der Waals surface area contributed by atoms with E-state index >= 15 is 0 Å². The van der Waals surface area contributed by atoms with Gasteiger partial charge in [-0.15, -0.1) is 15.3 Å². The van der Waals surface area contributed by atoms with Crippen LogP contribution in [0.3, 0.4) is 0 Å². The minimum Gasteiger partial charge on any atom is -0.350 e. The molecule has 1 saturated heterocycles. The van der Waals surface area contributed by atoms with E-state index in [9.17, 15) is 8.78 Å². The molecule has 0 N–H and O–H groups in total. The Morgan fingerprint density at radius 2 is 2.05 bits per heavy atom. The zero-order chi connectivity index (χ0) is 15.9. The molecule has 1 fully saturated rings. The third-order valence-corrected chi connectivity index (χ3v) is 4.34. The van der Waals surface area contributed by atoms with E-state index in [0.717, 1.165) is 36.1 Å². The first-order valence-electron chi connectivity index (χ1n) is 7.69. The van der Waals surface area contributed by atoms with Gasteiger partial charge >= 0.3 is 0 Å². The maximum absolute atomic E-state index is 13.0. The summed E-state index contributed by atoms with van der Waals surface area (Å²) in [5.41, 5.74) is 0.372. The second kappa shape index (κ2) is 5.44. The SMILES string of the molecule is CC(C)CC1(C)CCCN1c1ccc2nnc(C(F)F)n2n1. The number of anilines is 1. The van der Waals surface area contributed by atoms with Gasteiger partial charge in [0.15, 0.2) is 5.65 Å². The van der Waals surface area contributed by atoms with Crippen LogP contribution >= 0.6 is 0 Å². The van der Waals surface area contributed by atoms with Crippen molar-refractivity contribution in [2.45, 2.75) is 52.0 Å². The van der Waals surface area contributed by atoms with Crippen molar-refractivity contribution in [3.05, 3.63) is 18.0 Å². The maximum Gasteiger partial charge on any atom is 0.299 e. The van der Waals surface area contributed by atoms with Gasteiger partial charge in [-0.1, -0.05) is 13.8 Å². The molecule has 0 aliphatic carbocycles. The summed E-state index contributed by atoms with van der Waals surface area (Å²) in [4.78, 5) is 2.24. The van der Waals surface area contributed by atoms with E-state index in [1.54, 1.807) is 6.07 Å². The highest BCUT2D eigenvalue weighted by Gasteiger charge is 2.38. The maximum atomic E-state index is 13.0. The van der Waals surface area contributed by atoms with Crippen molar-refractivity contribution in [2.24, 2.45) is 5.92 Å². The molecule has 1 unspecified atom stereocenters. The van der Waals surface area contributed by atoms with Gasteiger partial charge in [-0.05, 0) is 44.2 Å². The third kappa shape index (κ3) is 2.53. The first kappa shape index (κ1) is 15.1. The summed E-state index contributed by atoms with van der Waals surface area (Å²) in [5, 5.41) is 11.7. The van der Waals surface area contributed by atoms with Crippen LogP contribution in [0.1, 0.15) is 52.3 Å². The number of hydrogen-bond acceptors (Lipinski definition) is 4. The second-order valence-corrected chi connectivity index (χ2v) is 6.67. The van der Waals surface area contributed by atoms with Gasteiger partial charge in [0.2, 0.25) is 5.82 Å². The molecule has 0 spiro atoms. The first-order valence-corrected chi connectivity index (χ1v) is 7.69. The van der Waals surface area contributed by atoms with Crippen LogP contribution in [-0.2, 0) is 0 Å². The molecule has 0 saturated carbocycles. The highest BCUT2D eigenvalue weighted by atomic mass is 19.3. The van der Waals surface area contributed by atoms with E-state index in [4.69, 9.17) is 0 Å². The number of aromatic nitrogens is 4. The fourth-order valence-electron chi connectivity index (χ4n) is 3.58. The largest absolute Gasteiger partial charge is 0.350 e. The lowest BCUT2D eigenvalue weighted by Gasteiger charge is -2.37. The molecule has 0 amide bonds. The molecule has 0 bridgehead atoms. The Bertz CT molecular complexity index is 669. The molecule has 5 nitrogen and oxygen atoms in total. The quantitative estimate of drug-likeness (QED) is 0.867. The van der Waals surface area contributed by atoms with Gasteiger partial charge < -0.3 is 4.90 Å². The van der Waals surface area contributed by atoms with Gasteiger partial charge in [0.25, 0.3) is 6.43 Å².